The largest absolute Gasteiger partial charge is 0.497 e. The minimum Gasteiger partial charge on any atom is -0.497 e. The van der Waals surface area contributed by atoms with Crippen LogP contribution in [0.1, 0.15) is 58.8 Å². The zero-order valence-corrected chi connectivity index (χ0v) is 21.2. The Kier molecular flexibility index (Phi) is 7.62. The second kappa shape index (κ2) is 10.3. The molecule has 194 valence electrons. The summed E-state index contributed by atoms with van der Waals surface area (Å²) < 4.78 is 11.1. The van der Waals surface area contributed by atoms with Gasteiger partial charge in [0.05, 0.1) is 19.8 Å². The second-order valence-corrected chi connectivity index (χ2v) is 11.1. The van der Waals surface area contributed by atoms with Gasteiger partial charge in [0.25, 0.3) is 0 Å². The van der Waals surface area contributed by atoms with Crippen molar-refractivity contribution in [2.24, 2.45) is 22.7 Å². The average molecular weight is 489 g/mol. The summed E-state index contributed by atoms with van der Waals surface area (Å²) >= 11 is 0. The third kappa shape index (κ3) is 5.00. The number of benzene rings is 1. The number of rotatable bonds is 6. The molecule has 8 nitrogen and oxygen atoms in total. The summed E-state index contributed by atoms with van der Waals surface area (Å²) in [5.41, 5.74) is -0.427. The van der Waals surface area contributed by atoms with E-state index < -0.39 is 23.7 Å². The van der Waals surface area contributed by atoms with Crippen molar-refractivity contribution in [1.29, 1.82) is 0 Å². The van der Waals surface area contributed by atoms with Crippen LogP contribution < -0.4 is 10.1 Å². The topological polar surface area (TPSA) is 108 Å². The van der Waals surface area contributed by atoms with Gasteiger partial charge in [-0.1, -0.05) is 19.9 Å². The molecular weight excluding hydrogens is 448 g/mol. The molecule has 8 heteroatoms. The van der Waals surface area contributed by atoms with Gasteiger partial charge in [-0.2, -0.15) is 0 Å². The van der Waals surface area contributed by atoms with Gasteiger partial charge in [0.1, 0.15) is 11.9 Å². The van der Waals surface area contributed by atoms with Crippen molar-refractivity contribution in [1.82, 2.24) is 4.90 Å². The van der Waals surface area contributed by atoms with E-state index in [1.807, 2.05) is 11.8 Å². The Labute approximate surface area is 208 Å². The third-order valence-corrected chi connectivity index (χ3v) is 9.09. The molecule has 1 aromatic rings. The fourth-order valence-corrected chi connectivity index (χ4v) is 7.04. The molecule has 2 saturated carbocycles. The number of ether oxygens (including phenoxy) is 2. The minimum absolute atomic E-state index is 0.0168. The summed E-state index contributed by atoms with van der Waals surface area (Å²) in [6.07, 6.45) is 3.42. The maximum atomic E-state index is 13.0. The Hall–Kier alpha value is -2.32. The molecule has 0 unspecified atom stereocenters. The van der Waals surface area contributed by atoms with Crippen LogP contribution >= 0.6 is 0 Å². The Balaban J connectivity index is 1.49. The number of carbonyl (C=O) groups excluding carboxylic acids is 2. The number of aliphatic hydroxyl groups is 2. The SMILES string of the molecule is COc1cccc(NC(=O)O[C@@H]2CC[C@]3(C)[C@H](CC[C@@H](O)[C@H]3CC(=O)N3CCCC3)[C@]2(C)CO)c1. The molecule has 1 heterocycles. The quantitative estimate of drug-likeness (QED) is 0.562. The average Bonchev–Trinajstić information content (AvgIpc) is 3.38. The maximum Gasteiger partial charge on any atom is 0.411 e. The Bertz CT molecular complexity index is 919. The first-order valence-corrected chi connectivity index (χ1v) is 12.9. The molecule has 6 atom stereocenters. The van der Waals surface area contributed by atoms with Crippen molar-refractivity contribution >= 4 is 17.7 Å². The van der Waals surface area contributed by atoms with Crippen LogP contribution in [0.25, 0.3) is 0 Å². The highest BCUT2D eigenvalue weighted by Crippen LogP contribution is 2.61. The van der Waals surface area contributed by atoms with Gasteiger partial charge < -0.3 is 24.6 Å². The fraction of sp³-hybridized carbons (Fsp3) is 0.704. The van der Waals surface area contributed by atoms with Gasteiger partial charge in [-0.15, -0.1) is 0 Å². The van der Waals surface area contributed by atoms with E-state index in [0.717, 1.165) is 38.8 Å². The van der Waals surface area contributed by atoms with E-state index >= 15 is 0 Å². The first-order chi connectivity index (χ1) is 16.7. The van der Waals surface area contributed by atoms with Crippen molar-refractivity contribution in [2.45, 2.75) is 71.0 Å². The highest BCUT2D eigenvalue weighted by atomic mass is 16.6. The number of aliphatic hydroxyl groups excluding tert-OH is 2. The highest BCUT2D eigenvalue weighted by molar-refractivity contribution is 5.85. The maximum absolute atomic E-state index is 13.0. The number of hydrogen-bond acceptors (Lipinski definition) is 6. The normalized spacial score (nSPS) is 34.7. The molecule has 3 fully saturated rings. The van der Waals surface area contributed by atoms with E-state index in [-0.39, 0.29) is 29.8 Å². The van der Waals surface area contributed by atoms with Gasteiger partial charge in [0.2, 0.25) is 5.91 Å². The summed E-state index contributed by atoms with van der Waals surface area (Å²) in [7, 11) is 1.57. The van der Waals surface area contributed by atoms with E-state index in [0.29, 0.717) is 30.7 Å². The summed E-state index contributed by atoms with van der Waals surface area (Å²) in [5, 5.41) is 24.3. The Morgan fingerprint density at radius 2 is 1.91 bits per heavy atom. The lowest BCUT2D eigenvalue weighted by molar-refractivity contribution is -0.186. The summed E-state index contributed by atoms with van der Waals surface area (Å²) in [5.74, 6) is 0.594. The lowest BCUT2D eigenvalue weighted by Crippen LogP contribution is -2.61. The highest BCUT2D eigenvalue weighted by Gasteiger charge is 2.60. The van der Waals surface area contributed by atoms with Crippen molar-refractivity contribution in [3.05, 3.63) is 24.3 Å². The first-order valence-electron chi connectivity index (χ1n) is 12.9. The zero-order valence-electron chi connectivity index (χ0n) is 21.2. The first kappa shape index (κ1) is 25.8. The third-order valence-electron chi connectivity index (χ3n) is 9.09. The lowest BCUT2D eigenvalue weighted by atomic mass is 9.46. The molecule has 0 bridgehead atoms. The molecule has 1 saturated heterocycles. The van der Waals surface area contributed by atoms with Crippen molar-refractivity contribution in [2.75, 3.05) is 32.1 Å². The Morgan fingerprint density at radius 1 is 1.17 bits per heavy atom. The number of methoxy groups -OCH3 is 1. The molecule has 0 radical (unpaired) electrons. The predicted molar refractivity (Wildman–Crippen MR) is 132 cm³/mol. The van der Waals surface area contributed by atoms with Crippen LogP contribution in [0.15, 0.2) is 24.3 Å². The molecule has 2 aliphatic carbocycles. The lowest BCUT2D eigenvalue weighted by Gasteiger charge is -2.60. The van der Waals surface area contributed by atoms with Gasteiger partial charge in [0, 0.05) is 36.7 Å². The van der Waals surface area contributed by atoms with E-state index in [2.05, 4.69) is 12.2 Å². The number of nitrogens with zero attached hydrogens (tertiary/aromatic N) is 1. The van der Waals surface area contributed by atoms with Crippen LogP contribution in [0.5, 0.6) is 5.75 Å². The number of fused-ring (bicyclic) bond motifs is 1. The van der Waals surface area contributed by atoms with Crippen molar-refractivity contribution in [3.63, 3.8) is 0 Å². The van der Waals surface area contributed by atoms with Crippen LogP contribution in [0, 0.1) is 22.7 Å². The summed E-state index contributed by atoms with van der Waals surface area (Å²) in [6, 6.07) is 7.06. The number of anilines is 1. The second-order valence-electron chi connectivity index (χ2n) is 11.1. The summed E-state index contributed by atoms with van der Waals surface area (Å²) in [6.45, 7) is 5.61. The molecule has 1 aromatic carbocycles. The predicted octanol–water partition coefficient (Wildman–Crippen LogP) is 3.81. The van der Waals surface area contributed by atoms with Crippen LogP contribution in [-0.2, 0) is 9.53 Å². The number of hydrogen-bond donors (Lipinski definition) is 3. The molecule has 4 rings (SSSR count). The molecule has 1 aliphatic heterocycles. The standard InChI is InChI=1S/C27H40N2O6/c1-26-12-11-23(35-25(33)28-18-7-6-8-19(15-18)34-3)27(2,17-30)22(26)10-9-21(31)20(26)16-24(32)29-13-4-5-14-29/h6-8,15,20-23,30-31H,4-5,9-14,16-17H2,1-3H3,(H,28,33)/t20-,21-,22+,23-,26+,27+/m1/s1. The van der Waals surface area contributed by atoms with Gasteiger partial charge >= 0.3 is 6.09 Å². The van der Waals surface area contributed by atoms with Gasteiger partial charge in [-0.25, -0.2) is 4.79 Å². The molecule has 3 N–H and O–H groups in total. The Morgan fingerprint density at radius 3 is 2.60 bits per heavy atom. The molecule has 2 amide bonds. The summed E-state index contributed by atoms with van der Waals surface area (Å²) in [4.78, 5) is 27.7. The molecule has 35 heavy (non-hydrogen) atoms. The van der Waals surface area contributed by atoms with Crippen LogP contribution in [0.3, 0.4) is 0 Å². The van der Waals surface area contributed by atoms with Gasteiger partial charge in [-0.3, -0.25) is 10.1 Å². The van der Waals surface area contributed by atoms with E-state index in [9.17, 15) is 19.8 Å². The number of likely N-dealkylation sites (tertiary alicyclic amines) is 1. The van der Waals surface area contributed by atoms with Gasteiger partial charge in [-0.05, 0) is 67.9 Å². The fourth-order valence-electron chi connectivity index (χ4n) is 7.04. The van der Waals surface area contributed by atoms with E-state index in [1.165, 1.54) is 0 Å². The van der Waals surface area contributed by atoms with Crippen LogP contribution in [0.4, 0.5) is 10.5 Å². The van der Waals surface area contributed by atoms with Crippen molar-refractivity contribution < 1.29 is 29.3 Å². The molecular formula is C27H40N2O6. The molecule has 0 spiro atoms. The van der Waals surface area contributed by atoms with Crippen LogP contribution in [-0.4, -0.2) is 66.1 Å². The smallest absolute Gasteiger partial charge is 0.411 e. The minimum atomic E-state index is -0.673. The molecule has 0 aromatic heterocycles. The van der Waals surface area contributed by atoms with Gasteiger partial charge in [0.15, 0.2) is 0 Å². The van der Waals surface area contributed by atoms with E-state index in [4.69, 9.17) is 9.47 Å². The van der Waals surface area contributed by atoms with Crippen LogP contribution in [0.2, 0.25) is 0 Å². The number of amides is 2. The van der Waals surface area contributed by atoms with Crippen molar-refractivity contribution in [3.8, 4) is 5.75 Å². The molecule has 3 aliphatic rings. The van der Waals surface area contributed by atoms with E-state index in [1.54, 1.807) is 31.4 Å². The number of carbonyl (C=O) groups is 2. The monoisotopic (exact) mass is 488 g/mol. The number of nitrogens with one attached hydrogen (secondary N) is 1. The zero-order chi connectivity index (χ0) is 25.2.